The lowest BCUT2D eigenvalue weighted by molar-refractivity contribution is -0.145. The molecule has 0 N–H and O–H groups in total. The molecule has 140 valence electrons. The van der Waals surface area contributed by atoms with Crippen LogP contribution in [0.4, 0.5) is 4.79 Å². The molecule has 0 aliphatic carbocycles. The molecule has 8 heteroatoms. The number of aromatic nitrogens is 1. The van der Waals surface area contributed by atoms with Gasteiger partial charge in [-0.25, -0.2) is 9.59 Å². The van der Waals surface area contributed by atoms with Crippen LogP contribution in [0.2, 0.25) is 0 Å². The summed E-state index contributed by atoms with van der Waals surface area (Å²) >= 11 is 1.35. The van der Waals surface area contributed by atoms with Crippen LogP contribution in [-0.4, -0.2) is 52.7 Å². The van der Waals surface area contributed by atoms with Crippen molar-refractivity contribution in [3.8, 4) is 5.88 Å². The normalized spacial score (nSPS) is 20.2. The number of likely N-dealkylation sites (tertiary alicyclic amines) is 1. The van der Waals surface area contributed by atoms with E-state index in [0.29, 0.717) is 12.3 Å². The minimum atomic E-state index is -0.732. The molecule has 1 aromatic heterocycles. The monoisotopic (exact) mass is 378 g/mol. The van der Waals surface area contributed by atoms with Gasteiger partial charge in [-0.3, -0.25) is 4.90 Å². The van der Waals surface area contributed by atoms with E-state index in [1.54, 1.807) is 20.8 Å². The number of amides is 1. The quantitative estimate of drug-likeness (QED) is 0.763. The highest BCUT2D eigenvalue weighted by molar-refractivity contribution is 7.13. The molecular weight excluding hydrogens is 356 g/mol. The highest BCUT2D eigenvalue weighted by atomic mass is 32.1. The highest BCUT2D eigenvalue weighted by Gasteiger charge is 2.43. The van der Waals surface area contributed by atoms with E-state index < -0.39 is 23.7 Å². The van der Waals surface area contributed by atoms with Gasteiger partial charge in [0.05, 0.1) is 23.7 Å². The van der Waals surface area contributed by atoms with Crippen molar-refractivity contribution in [2.75, 3.05) is 13.7 Å². The molecule has 1 fully saturated rings. The zero-order valence-corrected chi connectivity index (χ0v) is 16.0. The predicted molar refractivity (Wildman–Crippen MR) is 97.4 cm³/mol. The molecule has 2 heterocycles. The number of methoxy groups -OCH3 is 1. The largest absolute Gasteiger partial charge is 0.471 e. The van der Waals surface area contributed by atoms with Crippen LogP contribution in [0.15, 0.2) is 24.3 Å². The fraction of sp³-hybridized carbons (Fsp3) is 0.500. The summed E-state index contributed by atoms with van der Waals surface area (Å²) in [5.41, 5.74) is -0.651. The van der Waals surface area contributed by atoms with Crippen molar-refractivity contribution in [3.63, 3.8) is 0 Å². The second-order valence-electron chi connectivity index (χ2n) is 7.13. The van der Waals surface area contributed by atoms with E-state index in [2.05, 4.69) is 4.37 Å². The second-order valence-corrected chi connectivity index (χ2v) is 7.94. The lowest BCUT2D eigenvalue weighted by Crippen LogP contribution is -2.44. The first-order valence-electron chi connectivity index (χ1n) is 8.37. The maximum absolute atomic E-state index is 12.5. The molecule has 1 aromatic carbocycles. The standard InChI is InChI=1S/C18H22N2O5S/c1-18(2,3)25-17(22)20-10-11(9-13(20)16(21)23-4)24-15-12-7-5-6-8-14(12)26-19-15/h5-8,11,13H,9-10H2,1-4H3/t11-,13+/m1/s1. The number of carbonyl (C=O) groups is 2. The summed E-state index contributed by atoms with van der Waals surface area (Å²) < 4.78 is 21.6. The highest BCUT2D eigenvalue weighted by Crippen LogP contribution is 2.31. The second kappa shape index (κ2) is 7.11. The number of benzene rings is 1. The number of ether oxygens (including phenoxy) is 3. The lowest BCUT2D eigenvalue weighted by atomic mass is 10.2. The molecule has 1 amide bonds. The Morgan fingerprint density at radius 2 is 2.00 bits per heavy atom. The van der Waals surface area contributed by atoms with Gasteiger partial charge in [-0.15, -0.1) is 0 Å². The van der Waals surface area contributed by atoms with Crippen molar-refractivity contribution in [2.45, 2.75) is 44.9 Å². The Morgan fingerprint density at radius 3 is 2.69 bits per heavy atom. The number of fused-ring (bicyclic) bond motifs is 1. The molecule has 1 saturated heterocycles. The zero-order chi connectivity index (χ0) is 18.9. The maximum atomic E-state index is 12.5. The van der Waals surface area contributed by atoms with E-state index >= 15 is 0 Å². The van der Waals surface area contributed by atoms with Crippen molar-refractivity contribution >= 4 is 33.7 Å². The summed E-state index contributed by atoms with van der Waals surface area (Å²) in [6.45, 7) is 5.58. The van der Waals surface area contributed by atoms with Gasteiger partial charge in [-0.2, -0.15) is 4.37 Å². The Balaban J connectivity index is 1.77. The fourth-order valence-electron chi connectivity index (χ4n) is 2.87. The summed E-state index contributed by atoms with van der Waals surface area (Å²) in [6, 6.07) is 7.04. The molecule has 2 aromatic rings. The minimum absolute atomic E-state index is 0.237. The molecule has 0 unspecified atom stereocenters. The number of esters is 1. The molecule has 2 atom stereocenters. The average molecular weight is 378 g/mol. The summed E-state index contributed by atoms with van der Waals surface area (Å²) in [5, 5.41) is 0.919. The van der Waals surface area contributed by atoms with Crippen molar-refractivity contribution in [2.24, 2.45) is 0 Å². The minimum Gasteiger partial charge on any atom is -0.471 e. The molecule has 0 spiro atoms. The van der Waals surface area contributed by atoms with Crippen LogP contribution in [0.5, 0.6) is 5.88 Å². The smallest absolute Gasteiger partial charge is 0.411 e. The lowest BCUT2D eigenvalue weighted by Gasteiger charge is -2.27. The molecule has 0 bridgehead atoms. The van der Waals surface area contributed by atoms with E-state index in [-0.39, 0.29) is 12.6 Å². The molecule has 3 rings (SSSR count). The van der Waals surface area contributed by atoms with Gasteiger partial charge in [0.1, 0.15) is 17.7 Å². The van der Waals surface area contributed by atoms with Gasteiger partial charge in [-0.1, -0.05) is 12.1 Å². The van der Waals surface area contributed by atoms with Crippen LogP contribution in [-0.2, 0) is 14.3 Å². The number of nitrogens with zero attached hydrogens (tertiary/aromatic N) is 2. The van der Waals surface area contributed by atoms with E-state index in [9.17, 15) is 9.59 Å². The fourth-order valence-corrected chi connectivity index (χ4v) is 3.59. The first kappa shape index (κ1) is 18.4. The third kappa shape index (κ3) is 3.90. The molecule has 26 heavy (non-hydrogen) atoms. The Bertz CT molecular complexity index is 813. The van der Waals surface area contributed by atoms with Gasteiger partial charge in [0.2, 0.25) is 5.88 Å². The van der Waals surface area contributed by atoms with E-state index in [1.165, 1.54) is 23.5 Å². The zero-order valence-electron chi connectivity index (χ0n) is 15.2. The molecule has 1 aliphatic rings. The third-order valence-corrected chi connectivity index (χ3v) is 4.80. The van der Waals surface area contributed by atoms with E-state index in [0.717, 1.165) is 10.1 Å². The van der Waals surface area contributed by atoms with E-state index in [1.807, 2.05) is 24.3 Å². The predicted octanol–water partition coefficient (Wildman–Crippen LogP) is 3.23. The molecule has 0 saturated carbocycles. The number of rotatable bonds is 3. The molecular formula is C18H22N2O5S. The summed E-state index contributed by atoms with van der Waals surface area (Å²) in [5.74, 6) is 0.0374. The Morgan fingerprint density at radius 1 is 1.27 bits per heavy atom. The van der Waals surface area contributed by atoms with E-state index in [4.69, 9.17) is 14.2 Å². The van der Waals surface area contributed by atoms with Gasteiger partial charge >= 0.3 is 12.1 Å². The number of carbonyl (C=O) groups excluding carboxylic acids is 2. The van der Waals surface area contributed by atoms with Crippen LogP contribution >= 0.6 is 11.5 Å². The average Bonchev–Trinajstić information content (AvgIpc) is 3.18. The molecule has 7 nitrogen and oxygen atoms in total. The number of hydrogen-bond donors (Lipinski definition) is 0. The maximum Gasteiger partial charge on any atom is 0.411 e. The first-order valence-corrected chi connectivity index (χ1v) is 9.14. The molecule has 1 aliphatic heterocycles. The number of hydrogen-bond acceptors (Lipinski definition) is 7. The Kier molecular flexibility index (Phi) is 5.04. The first-order chi connectivity index (χ1) is 12.3. The topological polar surface area (TPSA) is 78.0 Å². The van der Waals surface area contributed by atoms with Crippen LogP contribution in [0.3, 0.4) is 0 Å². The summed E-state index contributed by atoms with van der Waals surface area (Å²) in [7, 11) is 1.30. The van der Waals surface area contributed by atoms with Gasteiger partial charge in [0.25, 0.3) is 0 Å². The Labute approximate surface area is 156 Å². The van der Waals surface area contributed by atoms with Crippen LogP contribution in [0.1, 0.15) is 27.2 Å². The SMILES string of the molecule is COC(=O)[C@@H]1C[C@@H](Oc2nsc3ccccc23)CN1C(=O)OC(C)(C)C. The summed E-state index contributed by atoms with van der Waals surface area (Å²) in [6.07, 6.45) is -0.586. The summed E-state index contributed by atoms with van der Waals surface area (Å²) in [4.78, 5) is 26.0. The van der Waals surface area contributed by atoms with Crippen molar-refractivity contribution in [1.82, 2.24) is 9.27 Å². The third-order valence-electron chi connectivity index (χ3n) is 3.99. The van der Waals surface area contributed by atoms with Gasteiger partial charge in [-0.05, 0) is 44.4 Å². The van der Waals surface area contributed by atoms with Crippen molar-refractivity contribution in [3.05, 3.63) is 24.3 Å². The van der Waals surface area contributed by atoms with Crippen molar-refractivity contribution < 1.29 is 23.8 Å². The van der Waals surface area contributed by atoms with Gasteiger partial charge in [0.15, 0.2) is 0 Å². The molecule has 0 radical (unpaired) electrons. The van der Waals surface area contributed by atoms with Crippen LogP contribution in [0.25, 0.3) is 10.1 Å². The van der Waals surface area contributed by atoms with Gasteiger partial charge < -0.3 is 14.2 Å². The van der Waals surface area contributed by atoms with Crippen LogP contribution in [0, 0.1) is 0 Å². The Hall–Kier alpha value is -2.35. The van der Waals surface area contributed by atoms with Crippen molar-refractivity contribution in [1.29, 1.82) is 0 Å². The van der Waals surface area contributed by atoms with Crippen LogP contribution < -0.4 is 4.74 Å². The van der Waals surface area contributed by atoms with Gasteiger partial charge in [0, 0.05) is 6.42 Å².